The number of imidazole rings is 1. The van der Waals surface area contributed by atoms with E-state index in [0.717, 1.165) is 78.3 Å². The number of thioether (sulfide) groups is 1. The number of carbonyl (C=O) groups excluding carboxylic acids is 1. The van der Waals surface area contributed by atoms with Crippen molar-refractivity contribution in [3.8, 4) is 11.4 Å². The van der Waals surface area contributed by atoms with E-state index in [1.807, 2.05) is 34.9 Å². The average molecular weight is 528 g/mol. The second-order valence-corrected chi connectivity index (χ2v) is 11.1. The molecule has 0 spiro atoms. The topological polar surface area (TPSA) is 53.8 Å². The number of carbonyl (C=O) groups is 1. The highest BCUT2D eigenvalue weighted by Gasteiger charge is 2.48. The molecule has 0 saturated carbocycles. The third-order valence-electron chi connectivity index (χ3n) is 8.00. The summed E-state index contributed by atoms with van der Waals surface area (Å²) in [6.07, 6.45) is 8.66. The molecule has 38 heavy (non-hydrogen) atoms. The number of rotatable bonds is 5. The summed E-state index contributed by atoms with van der Waals surface area (Å²) < 4.78 is 8.39. The molecule has 9 heteroatoms. The lowest BCUT2D eigenvalue weighted by molar-refractivity contribution is -0.948. The van der Waals surface area contributed by atoms with Crippen molar-refractivity contribution in [1.82, 2.24) is 19.5 Å². The lowest BCUT2D eigenvalue weighted by Gasteiger charge is -2.44. The first-order chi connectivity index (χ1) is 18.7. The van der Waals surface area contributed by atoms with Crippen molar-refractivity contribution in [2.45, 2.75) is 0 Å². The largest absolute Gasteiger partial charge is 0.497 e. The standard InChI is InChI=1S/C29H31N6O2S/c1-37-25-9-10-26-27(19-25)34(23-6-3-2-4-7-23)29(30-26)31-11-13-33(14-12-31)35-16-5-8-24(35)18-22(20-35)28(36)32-15-17-38-21-32/h2-10,16,18-19H,11-15,17,20-21H2,1H3/q+1/t35-/m1/s1. The van der Waals surface area contributed by atoms with Gasteiger partial charge in [0.15, 0.2) is 5.70 Å². The smallest absolute Gasteiger partial charge is 0.256 e. The van der Waals surface area contributed by atoms with E-state index in [1.165, 1.54) is 5.70 Å². The maximum absolute atomic E-state index is 13.2. The molecule has 4 aliphatic rings. The zero-order valence-electron chi connectivity index (χ0n) is 21.5. The predicted molar refractivity (Wildman–Crippen MR) is 151 cm³/mol. The summed E-state index contributed by atoms with van der Waals surface area (Å²) in [5.41, 5.74) is 5.19. The SMILES string of the molecule is COc1ccc2nc(N3CCN([N@@+]45C=CC=C4C=C(C(=O)N4CCSC4)C5)CC3)n(-c3ccccc3)c2c1. The van der Waals surface area contributed by atoms with Gasteiger partial charge in [-0.3, -0.25) is 9.36 Å². The number of amides is 1. The molecule has 5 heterocycles. The highest BCUT2D eigenvalue weighted by molar-refractivity contribution is 7.99. The number of fused-ring (bicyclic) bond motifs is 2. The maximum Gasteiger partial charge on any atom is 0.256 e. The van der Waals surface area contributed by atoms with Crippen LogP contribution in [0.25, 0.3) is 16.7 Å². The molecule has 4 aliphatic heterocycles. The summed E-state index contributed by atoms with van der Waals surface area (Å²) in [5, 5.41) is 2.50. The van der Waals surface area contributed by atoms with E-state index in [4.69, 9.17) is 9.72 Å². The van der Waals surface area contributed by atoms with Crippen LogP contribution in [0.2, 0.25) is 0 Å². The van der Waals surface area contributed by atoms with E-state index in [1.54, 1.807) is 7.11 Å². The lowest BCUT2D eigenvalue weighted by atomic mass is 10.2. The fourth-order valence-electron chi connectivity index (χ4n) is 6.02. The summed E-state index contributed by atoms with van der Waals surface area (Å²) in [7, 11) is 1.70. The summed E-state index contributed by atoms with van der Waals surface area (Å²) >= 11 is 1.83. The maximum atomic E-state index is 13.2. The third kappa shape index (κ3) is 3.76. The van der Waals surface area contributed by atoms with Crippen LogP contribution in [0.15, 0.2) is 84.2 Å². The van der Waals surface area contributed by atoms with Gasteiger partial charge in [0.2, 0.25) is 5.95 Å². The van der Waals surface area contributed by atoms with Crippen LogP contribution in [0.1, 0.15) is 0 Å². The van der Waals surface area contributed by atoms with Gasteiger partial charge >= 0.3 is 0 Å². The van der Waals surface area contributed by atoms with E-state index in [2.05, 4.69) is 69.2 Å². The van der Waals surface area contributed by atoms with E-state index >= 15 is 0 Å². The molecule has 1 aromatic heterocycles. The van der Waals surface area contributed by atoms with Crippen molar-refractivity contribution >= 4 is 34.7 Å². The fraction of sp³-hybridized carbons (Fsp3) is 0.310. The van der Waals surface area contributed by atoms with E-state index < -0.39 is 0 Å². The van der Waals surface area contributed by atoms with E-state index in [9.17, 15) is 4.79 Å². The molecule has 3 aromatic rings. The van der Waals surface area contributed by atoms with Crippen LogP contribution in [0.3, 0.4) is 0 Å². The molecule has 0 aliphatic carbocycles. The van der Waals surface area contributed by atoms with Gasteiger partial charge in [0.1, 0.15) is 18.5 Å². The number of nitrogens with zero attached hydrogens (tertiary/aromatic N) is 6. The summed E-state index contributed by atoms with van der Waals surface area (Å²) in [6.45, 7) is 4.99. The molecule has 194 valence electrons. The van der Waals surface area contributed by atoms with Crippen molar-refractivity contribution in [3.63, 3.8) is 0 Å². The van der Waals surface area contributed by atoms with E-state index in [-0.39, 0.29) is 5.91 Å². The number of benzene rings is 2. The molecular formula is C29H31N6O2S+. The zero-order valence-corrected chi connectivity index (χ0v) is 22.3. The van der Waals surface area contributed by atoms with Crippen LogP contribution >= 0.6 is 11.8 Å². The molecule has 0 radical (unpaired) electrons. The first-order valence-corrected chi connectivity index (χ1v) is 14.3. The van der Waals surface area contributed by atoms with Crippen molar-refractivity contribution in [1.29, 1.82) is 0 Å². The van der Waals surface area contributed by atoms with Crippen LogP contribution in [-0.4, -0.2) is 88.0 Å². The Bertz CT molecular complexity index is 1480. The van der Waals surface area contributed by atoms with E-state index in [0.29, 0.717) is 11.1 Å². The lowest BCUT2D eigenvalue weighted by Crippen LogP contribution is -2.60. The van der Waals surface area contributed by atoms with Gasteiger partial charge in [-0.2, -0.15) is 4.59 Å². The van der Waals surface area contributed by atoms with Crippen molar-refractivity contribution in [2.75, 3.05) is 62.9 Å². The summed E-state index contributed by atoms with van der Waals surface area (Å²) in [5.74, 6) is 3.80. The van der Waals surface area contributed by atoms with Gasteiger partial charge in [-0.25, -0.2) is 4.98 Å². The number of hydrogen-bond acceptors (Lipinski definition) is 6. The minimum Gasteiger partial charge on any atom is -0.497 e. The Morgan fingerprint density at radius 2 is 1.89 bits per heavy atom. The third-order valence-corrected chi connectivity index (χ3v) is 8.96. The molecule has 0 bridgehead atoms. The molecule has 1 atom stereocenters. The Balaban J connectivity index is 1.15. The quantitative estimate of drug-likeness (QED) is 0.471. The van der Waals surface area contributed by atoms with Crippen molar-refractivity contribution < 1.29 is 14.1 Å². The minimum atomic E-state index is 0.196. The summed E-state index contributed by atoms with van der Waals surface area (Å²) in [6, 6.07) is 16.5. The second kappa shape index (κ2) is 9.34. The highest BCUT2D eigenvalue weighted by Crippen LogP contribution is 2.39. The van der Waals surface area contributed by atoms with Gasteiger partial charge in [0.05, 0.1) is 42.7 Å². The normalized spacial score (nSPS) is 23.2. The number of allylic oxidation sites excluding steroid dienone is 3. The molecule has 7 rings (SSSR count). The van der Waals surface area contributed by atoms with Gasteiger partial charge in [0, 0.05) is 49.3 Å². The van der Waals surface area contributed by atoms with Gasteiger partial charge in [0.25, 0.3) is 5.91 Å². The van der Waals surface area contributed by atoms with Gasteiger partial charge in [-0.1, -0.05) is 18.2 Å². The Labute approximate surface area is 226 Å². The van der Waals surface area contributed by atoms with Crippen LogP contribution in [0, 0.1) is 0 Å². The average Bonchev–Trinajstić information content (AvgIpc) is 3.75. The number of hydrogen-bond donors (Lipinski definition) is 0. The molecule has 8 nitrogen and oxygen atoms in total. The highest BCUT2D eigenvalue weighted by atomic mass is 32.2. The van der Waals surface area contributed by atoms with Crippen molar-refractivity contribution in [2.24, 2.45) is 0 Å². The van der Waals surface area contributed by atoms with Gasteiger partial charge < -0.3 is 14.5 Å². The molecule has 0 unspecified atom stereocenters. The van der Waals surface area contributed by atoms with Crippen LogP contribution in [0.4, 0.5) is 5.95 Å². The molecule has 2 saturated heterocycles. The van der Waals surface area contributed by atoms with Crippen LogP contribution in [0.5, 0.6) is 5.75 Å². The predicted octanol–water partition coefficient (Wildman–Crippen LogP) is 3.77. The fourth-order valence-corrected chi connectivity index (χ4v) is 6.96. The Morgan fingerprint density at radius 1 is 1.05 bits per heavy atom. The second-order valence-electron chi connectivity index (χ2n) is 10.1. The van der Waals surface area contributed by atoms with Crippen molar-refractivity contribution in [3.05, 3.63) is 84.2 Å². The number of aromatic nitrogens is 2. The first kappa shape index (κ1) is 23.6. The Kier molecular flexibility index (Phi) is 5.79. The van der Waals surface area contributed by atoms with Crippen LogP contribution in [-0.2, 0) is 4.79 Å². The van der Waals surface area contributed by atoms with Gasteiger partial charge in [-0.15, -0.1) is 16.8 Å². The summed E-state index contributed by atoms with van der Waals surface area (Å²) in [4.78, 5) is 22.6. The monoisotopic (exact) mass is 527 g/mol. The molecule has 0 N–H and O–H groups in total. The Hall–Kier alpha value is -3.53. The number of methoxy groups -OCH3 is 1. The first-order valence-electron chi connectivity index (χ1n) is 13.1. The van der Waals surface area contributed by atoms with Crippen LogP contribution < -0.4 is 9.64 Å². The van der Waals surface area contributed by atoms with Gasteiger partial charge in [-0.05, 0) is 30.3 Å². The number of piperazine rings is 1. The molecule has 2 fully saturated rings. The number of quaternary nitrogens is 1. The minimum absolute atomic E-state index is 0.196. The molecular weight excluding hydrogens is 496 g/mol. The molecule has 2 aromatic carbocycles. The number of para-hydroxylation sites is 1. The number of ether oxygens (including phenoxy) is 1. The Morgan fingerprint density at radius 3 is 2.66 bits per heavy atom. The molecule has 1 amide bonds. The number of anilines is 1. The zero-order chi connectivity index (χ0) is 25.7.